The van der Waals surface area contributed by atoms with Crippen molar-refractivity contribution in [2.45, 2.75) is 26.3 Å². The van der Waals surface area contributed by atoms with E-state index in [1.54, 1.807) is 14.0 Å². The van der Waals surface area contributed by atoms with Crippen LogP contribution in [0.15, 0.2) is 0 Å². The number of aliphatic carboxylic acids is 1. The van der Waals surface area contributed by atoms with Crippen LogP contribution in [0.4, 0.5) is 0 Å². The predicted octanol–water partition coefficient (Wildman–Crippen LogP) is -0.162. The molecule has 0 bridgehead atoms. The lowest BCUT2D eigenvalue weighted by Gasteiger charge is -2.20. The highest BCUT2D eigenvalue weighted by Crippen LogP contribution is 2.07. The molecule has 0 aromatic rings. The lowest BCUT2D eigenvalue weighted by Crippen LogP contribution is -2.48. The smallest absolute Gasteiger partial charge is 0.326 e. The maximum Gasteiger partial charge on any atom is 0.326 e. The molecule has 0 aliphatic carbocycles. The summed E-state index contributed by atoms with van der Waals surface area (Å²) in [4.78, 5) is 22.4. The summed E-state index contributed by atoms with van der Waals surface area (Å²) in [6, 6.07) is -0.822. The topological polar surface area (TPSA) is 87.7 Å². The third-order valence-electron chi connectivity index (χ3n) is 2.56. The van der Waals surface area contributed by atoms with Crippen LogP contribution in [0.1, 0.15) is 20.3 Å². The van der Waals surface area contributed by atoms with E-state index in [0.717, 1.165) is 0 Å². The first-order chi connectivity index (χ1) is 8.02. The first-order valence-corrected chi connectivity index (χ1v) is 5.74. The van der Waals surface area contributed by atoms with Gasteiger partial charge in [0.05, 0.1) is 13.2 Å². The largest absolute Gasteiger partial charge is 0.480 e. The van der Waals surface area contributed by atoms with Gasteiger partial charge in [0.25, 0.3) is 0 Å². The van der Waals surface area contributed by atoms with Crippen molar-refractivity contribution in [1.29, 1.82) is 0 Å². The molecule has 0 unspecified atom stereocenters. The van der Waals surface area contributed by atoms with Gasteiger partial charge < -0.3 is 20.5 Å². The van der Waals surface area contributed by atoms with E-state index in [1.165, 1.54) is 0 Å². The maximum atomic E-state index is 11.5. The van der Waals surface area contributed by atoms with Gasteiger partial charge in [0.2, 0.25) is 5.91 Å². The number of methoxy groups -OCH3 is 1. The van der Waals surface area contributed by atoms with Gasteiger partial charge in [0.15, 0.2) is 0 Å². The van der Waals surface area contributed by atoms with Crippen LogP contribution in [0, 0.1) is 5.92 Å². The third-order valence-corrected chi connectivity index (χ3v) is 2.56. The van der Waals surface area contributed by atoms with Gasteiger partial charge >= 0.3 is 5.97 Å². The molecular weight excluding hydrogens is 224 g/mol. The van der Waals surface area contributed by atoms with Crippen molar-refractivity contribution >= 4 is 11.9 Å². The number of carbonyl (C=O) groups is 2. The highest BCUT2D eigenvalue weighted by Gasteiger charge is 2.24. The Bertz CT molecular complexity index is 246. The Morgan fingerprint density at radius 3 is 2.53 bits per heavy atom. The van der Waals surface area contributed by atoms with E-state index in [9.17, 15) is 9.59 Å². The average molecular weight is 246 g/mol. The first kappa shape index (κ1) is 15.9. The summed E-state index contributed by atoms with van der Waals surface area (Å²) in [5.74, 6) is -1.39. The Kier molecular flexibility index (Phi) is 8.35. The molecule has 1 amide bonds. The summed E-state index contributed by atoms with van der Waals surface area (Å²) in [6.07, 6.45) is 0.703. The number of hydrogen-bond donors (Lipinski definition) is 3. The van der Waals surface area contributed by atoms with Crippen LogP contribution >= 0.6 is 0 Å². The van der Waals surface area contributed by atoms with Gasteiger partial charge in [0, 0.05) is 13.7 Å². The second kappa shape index (κ2) is 8.95. The lowest BCUT2D eigenvalue weighted by atomic mass is 9.99. The molecule has 100 valence electrons. The quantitative estimate of drug-likeness (QED) is 0.492. The highest BCUT2D eigenvalue weighted by molar-refractivity contribution is 5.84. The Balaban J connectivity index is 4.00. The van der Waals surface area contributed by atoms with Gasteiger partial charge in [-0.25, -0.2) is 4.79 Å². The molecule has 0 aromatic carbocycles. The lowest BCUT2D eigenvalue weighted by molar-refractivity contribution is -0.143. The third kappa shape index (κ3) is 6.91. The SMILES string of the molecule is CC[C@H](C)[C@H](NC(=O)CNCCOC)C(=O)O. The van der Waals surface area contributed by atoms with E-state index >= 15 is 0 Å². The van der Waals surface area contributed by atoms with E-state index in [1.807, 2.05) is 6.92 Å². The van der Waals surface area contributed by atoms with E-state index in [0.29, 0.717) is 19.6 Å². The van der Waals surface area contributed by atoms with Gasteiger partial charge in [-0.05, 0) is 5.92 Å². The molecule has 2 atom stereocenters. The van der Waals surface area contributed by atoms with Gasteiger partial charge in [-0.1, -0.05) is 20.3 Å². The van der Waals surface area contributed by atoms with Crippen LogP contribution in [0.3, 0.4) is 0 Å². The minimum absolute atomic E-state index is 0.0876. The fourth-order valence-corrected chi connectivity index (χ4v) is 1.28. The number of rotatable bonds is 9. The van der Waals surface area contributed by atoms with Crippen molar-refractivity contribution in [1.82, 2.24) is 10.6 Å². The number of carbonyl (C=O) groups excluding carboxylic acids is 1. The Morgan fingerprint density at radius 2 is 2.06 bits per heavy atom. The number of amides is 1. The number of nitrogens with one attached hydrogen (secondary N) is 2. The average Bonchev–Trinajstić information content (AvgIpc) is 2.30. The summed E-state index contributed by atoms with van der Waals surface area (Å²) in [7, 11) is 1.57. The zero-order chi connectivity index (χ0) is 13.3. The van der Waals surface area contributed by atoms with E-state index in [2.05, 4.69) is 10.6 Å². The fourth-order valence-electron chi connectivity index (χ4n) is 1.28. The molecule has 0 aromatic heterocycles. The summed E-state index contributed by atoms with van der Waals surface area (Å²) in [6.45, 7) is 4.87. The monoisotopic (exact) mass is 246 g/mol. The van der Waals surface area contributed by atoms with Crippen molar-refractivity contribution in [3.63, 3.8) is 0 Å². The molecule has 0 aliphatic heterocycles. The van der Waals surface area contributed by atoms with Crippen molar-refractivity contribution in [2.24, 2.45) is 5.92 Å². The molecule has 0 rings (SSSR count). The molecule has 6 nitrogen and oxygen atoms in total. The van der Waals surface area contributed by atoms with Gasteiger partial charge in [-0.3, -0.25) is 4.79 Å². The van der Waals surface area contributed by atoms with Gasteiger partial charge in [-0.2, -0.15) is 0 Å². The molecule has 0 radical (unpaired) electrons. The number of ether oxygens (including phenoxy) is 1. The van der Waals surface area contributed by atoms with Crippen molar-refractivity contribution in [3.8, 4) is 0 Å². The van der Waals surface area contributed by atoms with Crippen LogP contribution in [-0.2, 0) is 14.3 Å². The van der Waals surface area contributed by atoms with Crippen molar-refractivity contribution in [2.75, 3.05) is 26.8 Å². The van der Waals surface area contributed by atoms with Crippen LogP contribution in [0.25, 0.3) is 0 Å². The van der Waals surface area contributed by atoms with Gasteiger partial charge in [-0.15, -0.1) is 0 Å². The van der Waals surface area contributed by atoms with E-state index in [4.69, 9.17) is 9.84 Å². The van der Waals surface area contributed by atoms with Gasteiger partial charge in [0.1, 0.15) is 6.04 Å². The minimum Gasteiger partial charge on any atom is -0.480 e. The molecule has 0 aliphatic rings. The normalized spacial score (nSPS) is 14.1. The Hall–Kier alpha value is -1.14. The molecule has 0 fully saturated rings. The number of carboxylic acid groups (broad SMARTS) is 1. The summed E-state index contributed by atoms with van der Waals surface area (Å²) >= 11 is 0. The van der Waals surface area contributed by atoms with E-state index in [-0.39, 0.29) is 18.4 Å². The summed E-state index contributed by atoms with van der Waals surface area (Å²) < 4.78 is 4.81. The summed E-state index contributed by atoms with van der Waals surface area (Å²) in [5, 5.41) is 14.3. The fraction of sp³-hybridized carbons (Fsp3) is 0.818. The molecule has 0 heterocycles. The zero-order valence-corrected chi connectivity index (χ0v) is 10.7. The first-order valence-electron chi connectivity index (χ1n) is 5.74. The molecule has 3 N–H and O–H groups in total. The number of carboxylic acids is 1. The molecule has 0 saturated carbocycles. The zero-order valence-electron chi connectivity index (χ0n) is 10.7. The Morgan fingerprint density at radius 1 is 1.41 bits per heavy atom. The summed E-state index contributed by atoms with van der Waals surface area (Å²) in [5.41, 5.74) is 0. The number of hydrogen-bond acceptors (Lipinski definition) is 4. The second-order valence-corrected chi connectivity index (χ2v) is 3.94. The van der Waals surface area contributed by atoms with E-state index < -0.39 is 12.0 Å². The highest BCUT2D eigenvalue weighted by atomic mass is 16.5. The molecule has 0 saturated heterocycles. The standard InChI is InChI=1S/C11H22N2O4/c1-4-8(2)10(11(15)16)13-9(14)7-12-5-6-17-3/h8,10,12H,4-7H2,1-3H3,(H,13,14)(H,15,16)/t8-,10-/m0/s1. The van der Waals surface area contributed by atoms with Crippen molar-refractivity contribution in [3.05, 3.63) is 0 Å². The predicted molar refractivity (Wildman–Crippen MR) is 63.8 cm³/mol. The molecular formula is C11H22N2O4. The van der Waals surface area contributed by atoms with Crippen LogP contribution in [0.2, 0.25) is 0 Å². The molecule has 0 spiro atoms. The van der Waals surface area contributed by atoms with Crippen molar-refractivity contribution < 1.29 is 19.4 Å². The minimum atomic E-state index is -0.996. The second-order valence-electron chi connectivity index (χ2n) is 3.94. The van der Waals surface area contributed by atoms with Crippen LogP contribution < -0.4 is 10.6 Å². The van der Waals surface area contributed by atoms with Crippen LogP contribution in [-0.4, -0.2) is 49.8 Å². The molecule has 6 heteroatoms. The van der Waals surface area contributed by atoms with Crippen LogP contribution in [0.5, 0.6) is 0 Å². The molecule has 17 heavy (non-hydrogen) atoms. The Labute approximate surface area is 102 Å². The maximum absolute atomic E-state index is 11.5.